The van der Waals surface area contributed by atoms with Gasteiger partial charge in [-0.1, -0.05) is 50.1 Å². The lowest BCUT2D eigenvalue weighted by atomic mass is 10.0. The molecule has 1 aliphatic rings. The van der Waals surface area contributed by atoms with Crippen molar-refractivity contribution < 1.29 is 0 Å². The van der Waals surface area contributed by atoms with Crippen molar-refractivity contribution in [2.24, 2.45) is 0 Å². The Balaban J connectivity index is 2.00. The molecule has 74 valence electrons. The number of unbranched alkanes of at least 4 members (excludes halogenated alkanes) is 2. The van der Waals surface area contributed by atoms with Crippen molar-refractivity contribution in [3.8, 4) is 0 Å². The van der Waals surface area contributed by atoms with Gasteiger partial charge < -0.3 is 0 Å². The number of hydrogen-bond donors (Lipinski definition) is 0. The molecule has 0 N–H and O–H groups in total. The molecule has 0 unspecified atom stereocenters. The number of hydrogen-bond acceptors (Lipinski definition) is 0. The molecule has 0 atom stereocenters. The van der Waals surface area contributed by atoms with E-state index in [9.17, 15) is 0 Å². The van der Waals surface area contributed by atoms with Gasteiger partial charge in [0.2, 0.25) is 0 Å². The summed E-state index contributed by atoms with van der Waals surface area (Å²) in [6.07, 6.45) is 10.9. The third kappa shape index (κ3) is 2.06. The molecule has 0 amide bonds. The highest BCUT2D eigenvalue weighted by atomic mass is 14.1. The summed E-state index contributed by atoms with van der Waals surface area (Å²) in [5.74, 6) is 0. The monoisotopic (exact) mass is 186 g/mol. The van der Waals surface area contributed by atoms with Crippen molar-refractivity contribution in [2.75, 3.05) is 0 Å². The Hall–Kier alpha value is -1.04. The number of rotatable bonds is 4. The molecule has 1 aromatic rings. The van der Waals surface area contributed by atoms with E-state index in [1.807, 2.05) is 0 Å². The molecule has 0 aliphatic heterocycles. The first kappa shape index (κ1) is 9.51. The van der Waals surface area contributed by atoms with E-state index in [1.165, 1.54) is 42.4 Å². The highest BCUT2D eigenvalue weighted by Crippen LogP contribution is 2.21. The minimum Gasteiger partial charge on any atom is -0.0795 e. The van der Waals surface area contributed by atoms with Gasteiger partial charge in [-0.3, -0.25) is 0 Å². The second-order valence-corrected chi connectivity index (χ2v) is 4.10. The molecular weight excluding hydrogens is 168 g/mol. The van der Waals surface area contributed by atoms with Gasteiger partial charge >= 0.3 is 0 Å². The zero-order valence-electron chi connectivity index (χ0n) is 8.92. The molecule has 0 heteroatoms. The van der Waals surface area contributed by atoms with Crippen LogP contribution in [0.4, 0.5) is 0 Å². The molecule has 1 aromatic carbocycles. The van der Waals surface area contributed by atoms with Crippen molar-refractivity contribution in [1.29, 1.82) is 0 Å². The van der Waals surface area contributed by atoms with Gasteiger partial charge in [0.15, 0.2) is 0 Å². The minimum absolute atomic E-state index is 1.14. The summed E-state index contributed by atoms with van der Waals surface area (Å²) in [4.78, 5) is 0. The zero-order chi connectivity index (χ0) is 9.80. The summed E-state index contributed by atoms with van der Waals surface area (Å²) in [6.45, 7) is 2.26. The predicted molar refractivity (Wildman–Crippen MR) is 62.4 cm³/mol. The smallest absolute Gasteiger partial charge is 0.00881 e. The fourth-order valence-corrected chi connectivity index (χ4v) is 2.05. The molecule has 0 bridgehead atoms. The number of benzene rings is 1. The van der Waals surface area contributed by atoms with Crippen molar-refractivity contribution in [1.82, 2.24) is 0 Å². The third-order valence-electron chi connectivity index (χ3n) is 2.91. The fraction of sp³-hybridized carbons (Fsp3) is 0.429. The van der Waals surface area contributed by atoms with E-state index in [4.69, 9.17) is 0 Å². The Kier molecular flexibility index (Phi) is 3.03. The first-order chi connectivity index (χ1) is 6.90. The SMILES string of the molecule is CCCCCc1ccc2c(c1)CC=C2. The molecule has 0 saturated carbocycles. The second kappa shape index (κ2) is 4.45. The molecule has 1 aliphatic carbocycles. The van der Waals surface area contributed by atoms with E-state index in [1.54, 1.807) is 0 Å². The normalized spacial score (nSPS) is 13.2. The Morgan fingerprint density at radius 2 is 2.14 bits per heavy atom. The molecule has 14 heavy (non-hydrogen) atoms. The predicted octanol–water partition coefficient (Wildman–Crippen LogP) is 3.99. The quantitative estimate of drug-likeness (QED) is 0.624. The average molecular weight is 186 g/mol. The van der Waals surface area contributed by atoms with Gasteiger partial charge in [0.05, 0.1) is 0 Å². The first-order valence-corrected chi connectivity index (χ1v) is 5.68. The Morgan fingerprint density at radius 3 is 3.00 bits per heavy atom. The Bertz CT molecular complexity index is 334. The van der Waals surface area contributed by atoms with Crippen LogP contribution in [-0.4, -0.2) is 0 Å². The maximum atomic E-state index is 2.38. The first-order valence-electron chi connectivity index (χ1n) is 5.68. The van der Waals surface area contributed by atoms with Crippen LogP contribution in [0, 0.1) is 0 Å². The van der Waals surface area contributed by atoms with Gasteiger partial charge in [-0.15, -0.1) is 0 Å². The second-order valence-electron chi connectivity index (χ2n) is 4.10. The standard InChI is InChI=1S/C14H18/c1-2-3-4-6-12-9-10-13-7-5-8-14(13)11-12/h5,7,9-11H,2-4,6,8H2,1H3. The van der Waals surface area contributed by atoms with E-state index in [-0.39, 0.29) is 0 Å². The molecule has 0 fully saturated rings. The highest BCUT2D eigenvalue weighted by molar-refractivity contribution is 5.60. The van der Waals surface area contributed by atoms with Crippen molar-refractivity contribution in [2.45, 2.75) is 39.0 Å². The van der Waals surface area contributed by atoms with Crippen LogP contribution in [-0.2, 0) is 12.8 Å². The van der Waals surface area contributed by atoms with Crippen LogP contribution < -0.4 is 0 Å². The van der Waals surface area contributed by atoms with Crippen molar-refractivity contribution in [3.63, 3.8) is 0 Å². The molecule has 2 rings (SSSR count). The van der Waals surface area contributed by atoms with E-state index in [0.29, 0.717) is 0 Å². The molecule has 0 heterocycles. The Morgan fingerprint density at radius 1 is 1.21 bits per heavy atom. The lowest BCUT2D eigenvalue weighted by Crippen LogP contribution is -1.89. The third-order valence-corrected chi connectivity index (χ3v) is 2.91. The lowest BCUT2D eigenvalue weighted by Gasteiger charge is -2.04. The zero-order valence-corrected chi connectivity index (χ0v) is 8.92. The van der Waals surface area contributed by atoms with Gasteiger partial charge in [0.25, 0.3) is 0 Å². The van der Waals surface area contributed by atoms with Crippen LogP contribution in [0.1, 0.15) is 42.9 Å². The molecule has 0 radical (unpaired) electrons. The summed E-state index contributed by atoms with van der Waals surface area (Å²) in [5, 5.41) is 0. The van der Waals surface area contributed by atoms with Gasteiger partial charge in [-0.05, 0) is 36.0 Å². The van der Waals surface area contributed by atoms with Gasteiger partial charge in [0.1, 0.15) is 0 Å². The minimum atomic E-state index is 1.14. The summed E-state index contributed by atoms with van der Waals surface area (Å²) in [5.41, 5.74) is 4.45. The summed E-state index contributed by atoms with van der Waals surface area (Å²) in [7, 11) is 0. The van der Waals surface area contributed by atoms with Gasteiger partial charge in [0, 0.05) is 0 Å². The summed E-state index contributed by atoms with van der Waals surface area (Å²) >= 11 is 0. The molecule has 0 spiro atoms. The highest BCUT2D eigenvalue weighted by Gasteiger charge is 2.04. The topological polar surface area (TPSA) is 0 Å². The maximum absolute atomic E-state index is 2.38. The van der Waals surface area contributed by atoms with Crippen LogP contribution >= 0.6 is 0 Å². The van der Waals surface area contributed by atoms with Gasteiger partial charge in [-0.25, -0.2) is 0 Å². The van der Waals surface area contributed by atoms with Crippen LogP contribution in [0.25, 0.3) is 6.08 Å². The molecule has 0 aromatic heterocycles. The van der Waals surface area contributed by atoms with E-state index in [2.05, 4.69) is 37.3 Å². The van der Waals surface area contributed by atoms with Crippen LogP contribution in [0.15, 0.2) is 24.3 Å². The lowest BCUT2D eigenvalue weighted by molar-refractivity contribution is 0.717. The largest absolute Gasteiger partial charge is 0.0795 e. The number of allylic oxidation sites excluding steroid dienone is 1. The van der Waals surface area contributed by atoms with E-state index >= 15 is 0 Å². The fourth-order valence-electron chi connectivity index (χ4n) is 2.05. The van der Waals surface area contributed by atoms with Gasteiger partial charge in [-0.2, -0.15) is 0 Å². The molecule has 0 nitrogen and oxygen atoms in total. The number of aryl methyl sites for hydroxylation is 1. The van der Waals surface area contributed by atoms with Crippen molar-refractivity contribution >= 4 is 6.08 Å². The molecular formula is C14H18. The van der Waals surface area contributed by atoms with Crippen LogP contribution in [0.5, 0.6) is 0 Å². The van der Waals surface area contributed by atoms with Crippen molar-refractivity contribution in [3.05, 3.63) is 41.0 Å². The van der Waals surface area contributed by atoms with E-state index < -0.39 is 0 Å². The Labute approximate surface area is 86.7 Å². The molecule has 0 saturated heterocycles. The summed E-state index contributed by atoms with van der Waals surface area (Å²) < 4.78 is 0. The average Bonchev–Trinajstić information content (AvgIpc) is 2.65. The number of fused-ring (bicyclic) bond motifs is 1. The van der Waals surface area contributed by atoms with E-state index in [0.717, 1.165) is 6.42 Å². The van der Waals surface area contributed by atoms with Crippen LogP contribution in [0.3, 0.4) is 0 Å². The van der Waals surface area contributed by atoms with Crippen LogP contribution in [0.2, 0.25) is 0 Å². The summed E-state index contributed by atoms with van der Waals surface area (Å²) in [6, 6.07) is 6.93. The maximum Gasteiger partial charge on any atom is -0.00881 e.